The second-order valence-electron chi connectivity index (χ2n) is 6.50. The Labute approximate surface area is 150 Å². The molecule has 0 spiro atoms. The molecule has 2 heterocycles. The molecule has 2 atom stereocenters. The minimum Gasteiger partial charge on any atom is -0.337 e. The van der Waals surface area contributed by atoms with Crippen molar-refractivity contribution >= 4 is 29.3 Å². The van der Waals surface area contributed by atoms with Crippen LogP contribution in [0.3, 0.4) is 0 Å². The van der Waals surface area contributed by atoms with E-state index < -0.39 is 11.0 Å². The maximum atomic E-state index is 13.0. The average molecular weight is 363 g/mol. The minimum absolute atomic E-state index is 0.0108. The van der Waals surface area contributed by atoms with Crippen LogP contribution in [0.25, 0.3) is 0 Å². The Balaban J connectivity index is 1.81. The smallest absolute Gasteiger partial charge is 0.274 e. The highest BCUT2D eigenvalue weighted by atomic mass is 32.2. The van der Waals surface area contributed by atoms with E-state index in [2.05, 4.69) is 0 Å². The van der Waals surface area contributed by atoms with Gasteiger partial charge in [-0.25, -0.2) is 0 Å². The van der Waals surface area contributed by atoms with Crippen molar-refractivity contribution in [3.8, 4) is 0 Å². The Kier molecular flexibility index (Phi) is 4.73. The highest BCUT2D eigenvalue weighted by Crippen LogP contribution is 2.47. The van der Waals surface area contributed by atoms with Gasteiger partial charge in [0.1, 0.15) is 6.04 Å². The van der Waals surface area contributed by atoms with Crippen LogP contribution in [-0.4, -0.2) is 49.7 Å². The van der Waals surface area contributed by atoms with E-state index in [1.165, 1.54) is 6.07 Å². The van der Waals surface area contributed by atoms with Gasteiger partial charge in [0.25, 0.3) is 5.69 Å². The Hall–Kier alpha value is -2.09. The molecular formula is C17H21N3O4S. The highest BCUT2D eigenvalue weighted by molar-refractivity contribution is 8.01. The topological polar surface area (TPSA) is 83.8 Å². The summed E-state index contributed by atoms with van der Waals surface area (Å²) >= 11 is 1.65. The molecule has 0 aromatic heterocycles. The van der Waals surface area contributed by atoms with Gasteiger partial charge in [-0.1, -0.05) is 18.2 Å². The van der Waals surface area contributed by atoms with Gasteiger partial charge < -0.3 is 9.80 Å². The molecule has 0 radical (unpaired) electrons. The van der Waals surface area contributed by atoms with Crippen molar-refractivity contribution in [2.45, 2.75) is 44.1 Å². The molecule has 134 valence electrons. The quantitative estimate of drug-likeness (QED) is 0.592. The first-order valence-electron chi connectivity index (χ1n) is 8.34. The molecule has 25 heavy (non-hydrogen) atoms. The molecule has 0 aliphatic carbocycles. The molecule has 2 aliphatic heterocycles. The Morgan fingerprint density at radius 1 is 1.48 bits per heavy atom. The SMILES string of the molecule is CCN(Cc1ccccc1[N+](=O)[O-])C(=O)[C@H]1CS[C@@]2(C)CCC(=O)N12. The molecule has 2 saturated heterocycles. The number of nitro groups is 1. The summed E-state index contributed by atoms with van der Waals surface area (Å²) in [5.74, 6) is 0.466. The van der Waals surface area contributed by atoms with E-state index in [0.29, 0.717) is 24.3 Å². The van der Waals surface area contributed by atoms with Crippen molar-refractivity contribution in [1.29, 1.82) is 0 Å². The van der Waals surface area contributed by atoms with E-state index in [-0.39, 0.29) is 28.9 Å². The van der Waals surface area contributed by atoms with Crippen molar-refractivity contribution in [3.05, 3.63) is 39.9 Å². The average Bonchev–Trinajstić information content (AvgIpc) is 3.08. The fourth-order valence-electron chi connectivity index (χ4n) is 3.59. The van der Waals surface area contributed by atoms with Crippen LogP contribution < -0.4 is 0 Å². The van der Waals surface area contributed by atoms with Gasteiger partial charge in [-0.05, 0) is 20.3 Å². The van der Waals surface area contributed by atoms with Crippen molar-refractivity contribution < 1.29 is 14.5 Å². The Morgan fingerprint density at radius 2 is 2.20 bits per heavy atom. The molecule has 0 N–H and O–H groups in total. The summed E-state index contributed by atoms with van der Waals surface area (Å²) in [4.78, 5) is 39.1. The second kappa shape index (κ2) is 6.67. The van der Waals surface area contributed by atoms with Crippen LogP contribution in [0.1, 0.15) is 32.3 Å². The summed E-state index contributed by atoms with van der Waals surface area (Å²) in [6.07, 6.45) is 1.24. The predicted octanol–water partition coefficient (Wildman–Crippen LogP) is 2.40. The number of nitrogens with zero attached hydrogens (tertiary/aromatic N) is 3. The fraction of sp³-hybridized carbons (Fsp3) is 0.529. The van der Waals surface area contributed by atoms with Gasteiger partial charge in [-0.15, -0.1) is 11.8 Å². The highest BCUT2D eigenvalue weighted by Gasteiger charge is 2.53. The van der Waals surface area contributed by atoms with Crippen molar-refractivity contribution in [2.24, 2.45) is 0 Å². The number of hydrogen-bond donors (Lipinski definition) is 0. The van der Waals surface area contributed by atoms with Gasteiger partial charge in [-0.2, -0.15) is 0 Å². The third kappa shape index (κ3) is 3.10. The van der Waals surface area contributed by atoms with Crippen LogP contribution in [0, 0.1) is 10.1 Å². The summed E-state index contributed by atoms with van der Waals surface area (Å²) in [6.45, 7) is 4.46. The van der Waals surface area contributed by atoms with Gasteiger partial charge in [0.15, 0.2) is 0 Å². The van der Waals surface area contributed by atoms with Crippen LogP contribution in [0.4, 0.5) is 5.69 Å². The number of para-hydroxylation sites is 1. The molecule has 7 nitrogen and oxygen atoms in total. The number of benzene rings is 1. The van der Waals surface area contributed by atoms with Crippen molar-refractivity contribution in [3.63, 3.8) is 0 Å². The molecule has 2 aliphatic rings. The Morgan fingerprint density at radius 3 is 2.88 bits per heavy atom. The largest absolute Gasteiger partial charge is 0.337 e. The first kappa shape index (κ1) is 17.7. The Bertz CT molecular complexity index is 726. The van der Waals surface area contributed by atoms with Gasteiger partial charge in [0.2, 0.25) is 11.8 Å². The van der Waals surface area contributed by atoms with E-state index >= 15 is 0 Å². The lowest BCUT2D eigenvalue weighted by Gasteiger charge is -2.32. The second-order valence-corrected chi connectivity index (χ2v) is 8.01. The van der Waals surface area contributed by atoms with E-state index in [9.17, 15) is 19.7 Å². The molecule has 8 heteroatoms. The lowest BCUT2D eigenvalue weighted by atomic mass is 10.1. The summed E-state index contributed by atoms with van der Waals surface area (Å²) in [5, 5.41) is 11.2. The number of carbonyl (C=O) groups is 2. The fourth-order valence-corrected chi connectivity index (χ4v) is 5.01. The molecule has 1 aromatic rings. The number of likely N-dealkylation sites (N-methyl/N-ethyl adjacent to an activating group) is 1. The van der Waals surface area contributed by atoms with Gasteiger partial charge in [-0.3, -0.25) is 19.7 Å². The lowest BCUT2D eigenvalue weighted by Crippen LogP contribution is -2.51. The number of rotatable bonds is 5. The molecule has 1 aromatic carbocycles. The minimum atomic E-state index is -0.479. The molecule has 0 bridgehead atoms. The zero-order valence-corrected chi connectivity index (χ0v) is 15.1. The number of amides is 2. The molecule has 0 saturated carbocycles. The normalized spacial score (nSPS) is 25.1. The number of nitro benzene ring substituents is 1. The van der Waals surface area contributed by atoms with E-state index in [1.54, 1.807) is 39.8 Å². The third-order valence-corrected chi connectivity index (χ3v) is 6.48. The first-order chi connectivity index (χ1) is 11.9. The van der Waals surface area contributed by atoms with E-state index in [4.69, 9.17) is 0 Å². The van der Waals surface area contributed by atoms with Crippen molar-refractivity contribution in [2.75, 3.05) is 12.3 Å². The number of carbonyl (C=O) groups excluding carboxylic acids is 2. The number of hydrogen-bond acceptors (Lipinski definition) is 5. The van der Waals surface area contributed by atoms with Crippen LogP contribution in [-0.2, 0) is 16.1 Å². The molecule has 2 amide bonds. The number of fused-ring (bicyclic) bond motifs is 1. The van der Waals surface area contributed by atoms with Crippen LogP contribution >= 0.6 is 11.8 Å². The molecule has 0 unspecified atom stereocenters. The molecular weight excluding hydrogens is 342 g/mol. The van der Waals surface area contributed by atoms with Gasteiger partial charge in [0.05, 0.1) is 16.3 Å². The maximum Gasteiger partial charge on any atom is 0.274 e. The third-order valence-electron chi connectivity index (χ3n) is 4.97. The van der Waals surface area contributed by atoms with Crippen molar-refractivity contribution in [1.82, 2.24) is 9.80 Å². The summed E-state index contributed by atoms with van der Waals surface area (Å²) in [6, 6.07) is 5.98. The first-order valence-corrected chi connectivity index (χ1v) is 9.33. The van der Waals surface area contributed by atoms with Crippen LogP contribution in [0.15, 0.2) is 24.3 Å². The lowest BCUT2D eigenvalue weighted by molar-refractivity contribution is -0.385. The predicted molar refractivity (Wildman–Crippen MR) is 94.9 cm³/mol. The van der Waals surface area contributed by atoms with Crippen LogP contribution in [0.2, 0.25) is 0 Å². The summed E-state index contributed by atoms with van der Waals surface area (Å²) < 4.78 is 0. The van der Waals surface area contributed by atoms with Gasteiger partial charge in [0, 0.05) is 30.3 Å². The van der Waals surface area contributed by atoms with Crippen LogP contribution in [0.5, 0.6) is 0 Å². The summed E-state index contributed by atoms with van der Waals surface area (Å²) in [5.41, 5.74) is 0.514. The van der Waals surface area contributed by atoms with E-state index in [0.717, 1.165) is 6.42 Å². The monoisotopic (exact) mass is 363 g/mol. The van der Waals surface area contributed by atoms with Gasteiger partial charge >= 0.3 is 0 Å². The molecule has 3 rings (SSSR count). The van der Waals surface area contributed by atoms with E-state index in [1.807, 2.05) is 13.8 Å². The molecule has 2 fully saturated rings. The zero-order valence-electron chi connectivity index (χ0n) is 14.3. The number of thioether (sulfide) groups is 1. The maximum absolute atomic E-state index is 13.0. The summed E-state index contributed by atoms with van der Waals surface area (Å²) in [7, 11) is 0. The zero-order chi connectivity index (χ0) is 18.2. The standard InChI is InChI=1S/C17H21N3O4S/c1-3-18(10-12-6-4-5-7-13(12)20(23)24)16(22)14-11-25-17(2)9-8-15(21)19(14)17/h4-7,14H,3,8-11H2,1-2H3/t14-,17+/m1/s1.